The van der Waals surface area contributed by atoms with Crippen molar-refractivity contribution in [3.63, 3.8) is 0 Å². The molecule has 7 heteroatoms. The van der Waals surface area contributed by atoms with Gasteiger partial charge in [0.25, 0.3) is 0 Å². The molecule has 1 saturated heterocycles. The third-order valence-electron chi connectivity index (χ3n) is 5.44. The van der Waals surface area contributed by atoms with E-state index in [0.29, 0.717) is 16.9 Å². The Kier molecular flexibility index (Phi) is 4.59. The maximum Gasteiger partial charge on any atom is 0.331 e. The number of imidazole rings is 1. The highest BCUT2D eigenvalue weighted by Crippen LogP contribution is 2.23. The number of nitrogens with zero attached hydrogens (tertiary/aromatic N) is 4. The molecule has 142 valence electrons. The van der Waals surface area contributed by atoms with E-state index in [1.165, 1.54) is 4.57 Å². The summed E-state index contributed by atoms with van der Waals surface area (Å²) in [6.45, 7) is 4.48. The molecule has 0 spiro atoms. The summed E-state index contributed by atoms with van der Waals surface area (Å²) >= 11 is 0. The Morgan fingerprint density at radius 1 is 1.19 bits per heavy atom. The Morgan fingerprint density at radius 3 is 2.67 bits per heavy atom. The maximum atomic E-state index is 13.1. The normalized spacial score (nSPS) is 20.3. The topological polar surface area (TPSA) is 73.3 Å². The number of aromatic nitrogens is 3. The molecule has 0 N–H and O–H groups in total. The van der Waals surface area contributed by atoms with Gasteiger partial charge < -0.3 is 9.32 Å². The van der Waals surface area contributed by atoms with Crippen molar-refractivity contribution in [3.05, 3.63) is 53.0 Å². The van der Waals surface area contributed by atoms with E-state index in [2.05, 4.69) is 18.8 Å². The fourth-order valence-corrected chi connectivity index (χ4v) is 4.13. The van der Waals surface area contributed by atoms with Crippen LogP contribution in [-0.4, -0.2) is 37.0 Å². The minimum absolute atomic E-state index is 0.0160. The lowest BCUT2D eigenvalue weighted by molar-refractivity contribution is -0.137. The van der Waals surface area contributed by atoms with Crippen LogP contribution in [0.5, 0.6) is 0 Å². The zero-order chi connectivity index (χ0) is 19.0. The second-order valence-corrected chi connectivity index (χ2v) is 7.31. The minimum Gasteiger partial charge on any atom is -0.467 e. The number of hydrogen-bond donors (Lipinski definition) is 0. The Labute approximate surface area is 157 Å². The van der Waals surface area contributed by atoms with E-state index >= 15 is 0 Å². The first kappa shape index (κ1) is 17.6. The number of furan rings is 1. The molecule has 4 heterocycles. The largest absolute Gasteiger partial charge is 0.467 e. The van der Waals surface area contributed by atoms with Crippen molar-refractivity contribution >= 4 is 17.1 Å². The first-order valence-electron chi connectivity index (χ1n) is 9.44. The number of amides is 1. The number of rotatable bonds is 4. The SMILES string of the molecule is CC1CCCC(C)N1C(=O)Cn1c(=O)n(Cc2ccco2)c2ncccc21. The highest BCUT2D eigenvalue weighted by atomic mass is 16.3. The summed E-state index contributed by atoms with van der Waals surface area (Å²) in [5.74, 6) is 0.657. The minimum atomic E-state index is -0.245. The molecular weight excluding hydrogens is 344 g/mol. The van der Waals surface area contributed by atoms with Gasteiger partial charge in [0.05, 0.1) is 18.3 Å². The molecule has 3 aromatic heterocycles. The summed E-state index contributed by atoms with van der Waals surface area (Å²) in [5.41, 5.74) is 0.983. The molecule has 27 heavy (non-hydrogen) atoms. The van der Waals surface area contributed by atoms with Crippen LogP contribution in [0.3, 0.4) is 0 Å². The van der Waals surface area contributed by atoms with Crippen LogP contribution in [0.2, 0.25) is 0 Å². The van der Waals surface area contributed by atoms with E-state index in [4.69, 9.17) is 4.42 Å². The monoisotopic (exact) mass is 368 g/mol. The van der Waals surface area contributed by atoms with Crippen LogP contribution in [-0.2, 0) is 17.9 Å². The lowest BCUT2D eigenvalue weighted by Gasteiger charge is -2.39. The zero-order valence-electron chi connectivity index (χ0n) is 15.7. The number of carbonyl (C=O) groups is 1. The maximum absolute atomic E-state index is 13.1. The van der Waals surface area contributed by atoms with Crippen LogP contribution in [0.25, 0.3) is 11.2 Å². The summed E-state index contributed by atoms with van der Waals surface area (Å²) < 4.78 is 8.47. The van der Waals surface area contributed by atoms with Gasteiger partial charge in [0.1, 0.15) is 12.3 Å². The van der Waals surface area contributed by atoms with Crippen LogP contribution in [0, 0.1) is 0 Å². The second-order valence-electron chi connectivity index (χ2n) is 7.31. The number of hydrogen-bond acceptors (Lipinski definition) is 4. The molecule has 2 unspecified atom stereocenters. The van der Waals surface area contributed by atoms with Crippen molar-refractivity contribution in [2.75, 3.05) is 0 Å². The molecule has 0 saturated carbocycles. The van der Waals surface area contributed by atoms with E-state index in [-0.39, 0.29) is 36.8 Å². The van der Waals surface area contributed by atoms with Crippen molar-refractivity contribution in [2.45, 2.75) is 58.3 Å². The van der Waals surface area contributed by atoms with E-state index in [9.17, 15) is 9.59 Å². The molecule has 1 amide bonds. The summed E-state index contributed by atoms with van der Waals surface area (Å²) in [7, 11) is 0. The van der Waals surface area contributed by atoms with E-state index in [0.717, 1.165) is 19.3 Å². The van der Waals surface area contributed by atoms with Crippen molar-refractivity contribution < 1.29 is 9.21 Å². The predicted molar refractivity (Wildman–Crippen MR) is 101 cm³/mol. The highest BCUT2D eigenvalue weighted by molar-refractivity contribution is 5.80. The Bertz CT molecular complexity index is 992. The van der Waals surface area contributed by atoms with E-state index in [1.54, 1.807) is 29.2 Å². The predicted octanol–water partition coefficient (Wildman–Crippen LogP) is 2.63. The standard InChI is InChI=1S/C20H24N4O3/c1-14-6-3-7-15(2)24(14)18(25)13-22-17-9-4-10-21-19(17)23(20(22)26)12-16-8-5-11-27-16/h4-5,8-11,14-15H,3,6-7,12-13H2,1-2H3. The molecule has 2 atom stereocenters. The number of carbonyl (C=O) groups excluding carboxylic acids is 1. The first-order chi connectivity index (χ1) is 13.1. The lowest BCUT2D eigenvalue weighted by Crippen LogP contribution is -2.49. The number of fused-ring (bicyclic) bond motifs is 1. The average molecular weight is 368 g/mol. The summed E-state index contributed by atoms with van der Waals surface area (Å²) in [6.07, 6.45) is 6.38. The lowest BCUT2D eigenvalue weighted by atomic mass is 9.97. The van der Waals surface area contributed by atoms with Gasteiger partial charge >= 0.3 is 5.69 Å². The van der Waals surface area contributed by atoms with Gasteiger partial charge in [-0.2, -0.15) is 0 Å². The number of pyridine rings is 1. The Hall–Kier alpha value is -2.83. The number of piperidine rings is 1. The molecule has 0 aliphatic carbocycles. The fraction of sp³-hybridized carbons (Fsp3) is 0.450. The third-order valence-corrected chi connectivity index (χ3v) is 5.44. The van der Waals surface area contributed by atoms with Gasteiger partial charge in [0.2, 0.25) is 5.91 Å². The van der Waals surface area contributed by atoms with E-state index in [1.807, 2.05) is 17.0 Å². The van der Waals surface area contributed by atoms with Gasteiger partial charge in [-0.05, 0) is 57.4 Å². The molecule has 1 fully saturated rings. The van der Waals surface area contributed by atoms with Gasteiger partial charge in [-0.3, -0.25) is 13.9 Å². The first-order valence-corrected chi connectivity index (χ1v) is 9.44. The van der Waals surface area contributed by atoms with Crippen molar-refractivity contribution in [1.29, 1.82) is 0 Å². The van der Waals surface area contributed by atoms with Gasteiger partial charge in [-0.25, -0.2) is 9.78 Å². The van der Waals surface area contributed by atoms with Crippen molar-refractivity contribution in [3.8, 4) is 0 Å². The molecule has 4 rings (SSSR count). The van der Waals surface area contributed by atoms with Gasteiger partial charge in [0, 0.05) is 18.3 Å². The van der Waals surface area contributed by atoms with Gasteiger partial charge in [0.15, 0.2) is 5.65 Å². The molecule has 3 aromatic rings. The molecule has 1 aliphatic heterocycles. The van der Waals surface area contributed by atoms with Crippen LogP contribution >= 0.6 is 0 Å². The molecule has 7 nitrogen and oxygen atoms in total. The van der Waals surface area contributed by atoms with Gasteiger partial charge in [-0.15, -0.1) is 0 Å². The quantitative estimate of drug-likeness (QED) is 0.710. The van der Waals surface area contributed by atoms with Crippen molar-refractivity contribution in [1.82, 2.24) is 19.0 Å². The Morgan fingerprint density at radius 2 is 1.96 bits per heavy atom. The molecular formula is C20H24N4O3. The second kappa shape index (κ2) is 7.06. The summed E-state index contributed by atoms with van der Waals surface area (Å²) in [6, 6.07) is 7.62. The third kappa shape index (κ3) is 3.18. The Balaban J connectivity index is 1.70. The highest BCUT2D eigenvalue weighted by Gasteiger charge is 2.30. The molecule has 0 bridgehead atoms. The smallest absolute Gasteiger partial charge is 0.331 e. The van der Waals surface area contributed by atoms with Crippen LogP contribution < -0.4 is 5.69 Å². The van der Waals surface area contributed by atoms with Crippen LogP contribution in [0.4, 0.5) is 0 Å². The summed E-state index contributed by atoms with van der Waals surface area (Å²) in [4.78, 5) is 32.4. The zero-order valence-corrected chi connectivity index (χ0v) is 15.7. The molecule has 1 aliphatic rings. The molecule has 0 aromatic carbocycles. The van der Waals surface area contributed by atoms with Crippen LogP contribution in [0.15, 0.2) is 45.9 Å². The van der Waals surface area contributed by atoms with Gasteiger partial charge in [-0.1, -0.05) is 0 Å². The molecule has 0 radical (unpaired) electrons. The number of likely N-dealkylation sites (tertiary alicyclic amines) is 1. The van der Waals surface area contributed by atoms with E-state index < -0.39 is 0 Å². The van der Waals surface area contributed by atoms with Crippen molar-refractivity contribution in [2.24, 2.45) is 0 Å². The average Bonchev–Trinajstić information content (AvgIpc) is 3.25. The summed E-state index contributed by atoms with van der Waals surface area (Å²) in [5, 5.41) is 0. The van der Waals surface area contributed by atoms with Crippen LogP contribution in [0.1, 0.15) is 38.9 Å². The fourth-order valence-electron chi connectivity index (χ4n) is 4.13.